The smallest absolute Gasteiger partial charge is 0.254 e. The molecule has 6 nitrogen and oxygen atoms in total. The van der Waals surface area contributed by atoms with Crippen LogP contribution in [0.3, 0.4) is 0 Å². The summed E-state index contributed by atoms with van der Waals surface area (Å²) in [6.45, 7) is 5.11. The molecule has 142 valence electrons. The van der Waals surface area contributed by atoms with Crippen molar-refractivity contribution in [1.82, 2.24) is 14.5 Å². The van der Waals surface area contributed by atoms with Crippen molar-refractivity contribution in [2.45, 2.75) is 37.1 Å². The van der Waals surface area contributed by atoms with E-state index in [2.05, 4.69) is 18.3 Å². The van der Waals surface area contributed by atoms with E-state index in [1.165, 1.54) is 10.4 Å². The summed E-state index contributed by atoms with van der Waals surface area (Å²) in [7, 11) is -3.58. The van der Waals surface area contributed by atoms with Crippen LogP contribution in [0.4, 0.5) is 0 Å². The molecule has 1 amide bonds. The predicted molar refractivity (Wildman–Crippen MR) is 102 cm³/mol. The lowest BCUT2D eigenvalue weighted by Crippen LogP contribution is -2.36. The zero-order chi connectivity index (χ0) is 18.6. The monoisotopic (exact) mass is 377 g/mol. The number of hydrogen-bond acceptors (Lipinski definition) is 4. The van der Waals surface area contributed by atoms with Crippen molar-refractivity contribution in [3.63, 3.8) is 0 Å². The van der Waals surface area contributed by atoms with Crippen molar-refractivity contribution in [3.05, 3.63) is 42.0 Å². The average molecular weight is 378 g/mol. The van der Waals surface area contributed by atoms with Gasteiger partial charge in [-0.3, -0.25) is 4.79 Å². The SMILES string of the molecule is CCCC1C=CCN1C(=O)c1cccc(S(=O)(=O)N2CCCNCC2)c1. The summed E-state index contributed by atoms with van der Waals surface area (Å²) >= 11 is 0. The van der Waals surface area contributed by atoms with Crippen molar-refractivity contribution >= 4 is 15.9 Å². The van der Waals surface area contributed by atoms with Crippen LogP contribution in [-0.2, 0) is 10.0 Å². The lowest BCUT2D eigenvalue weighted by molar-refractivity contribution is 0.0744. The molecule has 2 aliphatic heterocycles. The molecule has 0 radical (unpaired) electrons. The second kappa shape index (κ2) is 8.33. The molecule has 0 aliphatic carbocycles. The predicted octanol–water partition coefficient (Wildman–Crippen LogP) is 1.85. The Morgan fingerprint density at radius 1 is 1.27 bits per heavy atom. The van der Waals surface area contributed by atoms with Crippen LogP contribution in [0.15, 0.2) is 41.3 Å². The molecule has 2 aliphatic rings. The number of sulfonamides is 1. The molecule has 7 heteroatoms. The van der Waals surface area contributed by atoms with E-state index < -0.39 is 10.0 Å². The van der Waals surface area contributed by atoms with Gasteiger partial charge in [0.05, 0.1) is 10.9 Å². The highest BCUT2D eigenvalue weighted by Crippen LogP contribution is 2.22. The fourth-order valence-electron chi connectivity index (χ4n) is 3.52. The summed E-state index contributed by atoms with van der Waals surface area (Å²) in [6.07, 6.45) is 6.77. The Morgan fingerprint density at radius 2 is 2.12 bits per heavy atom. The van der Waals surface area contributed by atoms with Crippen LogP contribution in [0, 0.1) is 0 Å². The number of carbonyl (C=O) groups excluding carboxylic acids is 1. The minimum atomic E-state index is -3.58. The highest BCUT2D eigenvalue weighted by molar-refractivity contribution is 7.89. The van der Waals surface area contributed by atoms with E-state index in [4.69, 9.17) is 0 Å². The van der Waals surface area contributed by atoms with E-state index in [1.54, 1.807) is 18.2 Å². The van der Waals surface area contributed by atoms with E-state index in [0.29, 0.717) is 31.7 Å². The molecule has 1 atom stereocenters. The Morgan fingerprint density at radius 3 is 2.92 bits per heavy atom. The molecule has 0 bridgehead atoms. The van der Waals surface area contributed by atoms with Crippen LogP contribution in [0.5, 0.6) is 0 Å². The standard InChI is InChI=1S/C19H27N3O3S/c1-2-6-17-8-4-13-22(17)19(23)16-7-3-9-18(15-16)26(24,25)21-12-5-10-20-11-14-21/h3-4,7-9,15,17,20H,2,5-6,10-14H2,1H3. The Balaban J connectivity index is 1.82. The molecule has 1 N–H and O–H groups in total. The first kappa shape index (κ1) is 19.1. The number of benzene rings is 1. The second-order valence-electron chi connectivity index (χ2n) is 6.78. The minimum Gasteiger partial charge on any atom is -0.328 e. The Labute approximate surface area is 155 Å². The summed E-state index contributed by atoms with van der Waals surface area (Å²) < 4.78 is 27.4. The van der Waals surface area contributed by atoms with E-state index in [0.717, 1.165) is 25.8 Å². The number of amides is 1. The van der Waals surface area contributed by atoms with Crippen LogP contribution in [-0.4, -0.2) is 62.3 Å². The third-order valence-electron chi connectivity index (χ3n) is 4.92. The highest BCUT2D eigenvalue weighted by atomic mass is 32.2. The van der Waals surface area contributed by atoms with Crippen LogP contribution >= 0.6 is 0 Å². The molecule has 2 heterocycles. The van der Waals surface area contributed by atoms with Crippen LogP contribution in [0.25, 0.3) is 0 Å². The second-order valence-corrected chi connectivity index (χ2v) is 8.72. The fraction of sp³-hybridized carbons (Fsp3) is 0.526. The maximum absolute atomic E-state index is 13.0. The minimum absolute atomic E-state index is 0.101. The number of hydrogen-bond donors (Lipinski definition) is 1. The molecule has 1 unspecified atom stereocenters. The Bertz CT molecular complexity index is 768. The van der Waals surface area contributed by atoms with Crippen molar-refractivity contribution in [3.8, 4) is 0 Å². The molecule has 1 fully saturated rings. The molecule has 1 aromatic rings. The highest BCUT2D eigenvalue weighted by Gasteiger charge is 2.28. The average Bonchev–Trinajstić information content (AvgIpc) is 2.92. The van der Waals surface area contributed by atoms with Crippen LogP contribution in [0.1, 0.15) is 36.5 Å². The topological polar surface area (TPSA) is 69.7 Å². The van der Waals surface area contributed by atoms with Gasteiger partial charge in [0.15, 0.2) is 0 Å². The van der Waals surface area contributed by atoms with Gasteiger partial charge in [0.25, 0.3) is 5.91 Å². The zero-order valence-electron chi connectivity index (χ0n) is 15.2. The van der Waals surface area contributed by atoms with Gasteiger partial charge in [-0.1, -0.05) is 31.6 Å². The first-order chi connectivity index (χ1) is 12.5. The maximum Gasteiger partial charge on any atom is 0.254 e. The van der Waals surface area contributed by atoms with Gasteiger partial charge >= 0.3 is 0 Å². The summed E-state index contributed by atoms with van der Waals surface area (Å²) in [5.74, 6) is -0.108. The van der Waals surface area contributed by atoms with Gasteiger partial charge in [-0.2, -0.15) is 4.31 Å². The quantitative estimate of drug-likeness (QED) is 0.795. The van der Waals surface area contributed by atoms with Gasteiger partial charge in [0.2, 0.25) is 10.0 Å². The third-order valence-corrected chi connectivity index (χ3v) is 6.82. The number of rotatable bonds is 5. The van der Waals surface area contributed by atoms with Gasteiger partial charge in [-0.15, -0.1) is 0 Å². The molecule has 0 aromatic heterocycles. The maximum atomic E-state index is 13.0. The van der Waals surface area contributed by atoms with Crippen molar-refractivity contribution in [1.29, 1.82) is 0 Å². The van der Waals surface area contributed by atoms with Gasteiger partial charge in [0.1, 0.15) is 0 Å². The number of nitrogens with one attached hydrogen (secondary N) is 1. The first-order valence-corrected chi connectivity index (χ1v) is 10.8. The molecule has 26 heavy (non-hydrogen) atoms. The van der Waals surface area contributed by atoms with Crippen LogP contribution in [0.2, 0.25) is 0 Å². The van der Waals surface area contributed by atoms with Gasteiger partial charge in [0, 0.05) is 31.7 Å². The molecule has 0 saturated carbocycles. The van der Waals surface area contributed by atoms with E-state index in [9.17, 15) is 13.2 Å². The van der Waals surface area contributed by atoms with E-state index in [1.807, 2.05) is 11.0 Å². The number of carbonyl (C=O) groups is 1. The first-order valence-electron chi connectivity index (χ1n) is 9.32. The largest absolute Gasteiger partial charge is 0.328 e. The van der Waals surface area contributed by atoms with Crippen molar-refractivity contribution < 1.29 is 13.2 Å². The summed E-state index contributed by atoms with van der Waals surface area (Å²) in [4.78, 5) is 14.9. The summed E-state index contributed by atoms with van der Waals surface area (Å²) in [5, 5.41) is 3.21. The van der Waals surface area contributed by atoms with Gasteiger partial charge in [-0.25, -0.2) is 8.42 Å². The normalized spacial score (nSPS) is 21.7. The molecule has 1 saturated heterocycles. The van der Waals surface area contributed by atoms with Gasteiger partial charge in [-0.05, 0) is 37.6 Å². The number of nitrogens with zero attached hydrogens (tertiary/aromatic N) is 2. The van der Waals surface area contributed by atoms with E-state index in [-0.39, 0.29) is 16.8 Å². The zero-order valence-corrected chi connectivity index (χ0v) is 16.0. The fourth-order valence-corrected chi connectivity index (χ4v) is 5.04. The molecule has 1 aromatic carbocycles. The summed E-state index contributed by atoms with van der Waals surface area (Å²) in [5.41, 5.74) is 0.434. The molecular formula is C19H27N3O3S. The summed E-state index contributed by atoms with van der Waals surface area (Å²) in [6, 6.07) is 6.57. The van der Waals surface area contributed by atoms with E-state index >= 15 is 0 Å². The lowest BCUT2D eigenvalue weighted by Gasteiger charge is -2.25. The molecular weight excluding hydrogens is 350 g/mol. The Kier molecular flexibility index (Phi) is 6.11. The van der Waals surface area contributed by atoms with Crippen LogP contribution < -0.4 is 5.32 Å². The lowest BCUT2D eigenvalue weighted by atomic mass is 10.1. The molecule has 0 spiro atoms. The van der Waals surface area contributed by atoms with Crippen molar-refractivity contribution in [2.75, 3.05) is 32.7 Å². The van der Waals surface area contributed by atoms with Crippen molar-refractivity contribution in [2.24, 2.45) is 0 Å². The molecule has 3 rings (SSSR count). The Hall–Kier alpha value is -1.70. The third kappa shape index (κ3) is 4.00. The van der Waals surface area contributed by atoms with Gasteiger partial charge < -0.3 is 10.2 Å².